The number of nitrogens with one attached hydrogen (secondary N) is 1. The van der Waals surface area contributed by atoms with Crippen LogP contribution in [0.25, 0.3) is 11.6 Å². The van der Waals surface area contributed by atoms with Crippen molar-refractivity contribution in [2.75, 3.05) is 0 Å². The molecule has 3 N–H and O–H groups in total. The van der Waals surface area contributed by atoms with Crippen LogP contribution < -0.4 is 5.73 Å². The summed E-state index contributed by atoms with van der Waals surface area (Å²) in [4.78, 5) is 11.4. The van der Waals surface area contributed by atoms with E-state index in [1.165, 1.54) is 0 Å². The molecule has 0 aliphatic rings. The third-order valence-electron chi connectivity index (χ3n) is 2.72. The van der Waals surface area contributed by atoms with Gasteiger partial charge in [-0.1, -0.05) is 19.0 Å². The van der Waals surface area contributed by atoms with Crippen LogP contribution in [0.3, 0.4) is 0 Å². The van der Waals surface area contributed by atoms with Crippen LogP contribution in [0.1, 0.15) is 32.6 Å². The maximum atomic E-state index is 5.95. The SMILES string of the molecule is CC(C)C(c1nc(-c2ncc[nH]2)no1)C(C)N. The minimum atomic E-state index is -0.0279. The monoisotopic (exact) mass is 235 g/mol. The van der Waals surface area contributed by atoms with E-state index < -0.39 is 0 Å². The molecule has 2 aromatic heterocycles. The number of aromatic nitrogens is 4. The Kier molecular flexibility index (Phi) is 3.23. The van der Waals surface area contributed by atoms with Crippen molar-refractivity contribution < 1.29 is 4.52 Å². The highest BCUT2D eigenvalue weighted by Gasteiger charge is 2.26. The molecule has 0 fully saturated rings. The van der Waals surface area contributed by atoms with E-state index in [4.69, 9.17) is 10.3 Å². The van der Waals surface area contributed by atoms with Gasteiger partial charge in [0, 0.05) is 18.4 Å². The summed E-state index contributed by atoms with van der Waals surface area (Å²) in [5.41, 5.74) is 5.95. The maximum Gasteiger partial charge on any atom is 0.238 e. The van der Waals surface area contributed by atoms with E-state index in [1.807, 2.05) is 6.92 Å². The fraction of sp³-hybridized carbons (Fsp3) is 0.545. The minimum Gasteiger partial charge on any atom is -0.342 e. The maximum absolute atomic E-state index is 5.95. The van der Waals surface area contributed by atoms with Crippen LogP contribution in [0.5, 0.6) is 0 Å². The zero-order valence-corrected chi connectivity index (χ0v) is 10.2. The Hall–Kier alpha value is -1.69. The lowest BCUT2D eigenvalue weighted by molar-refractivity contribution is 0.300. The van der Waals surface area contributed by atoms with Gasteiger partial charge in [0.15, 0.2) is 5.82 Å². The van der Waals surface area contributed by atoms with Crippen molar-refractivity contribution in [2.24, 2.45) is 11.7 Å². The standard InChI is InChI=1S/C11H17N5O/c1-6(2)8(7(3)12)11-15-10(16-17-11)9-13-4-5-14-9/h4-8H,12H2,1-3H3,(H,13,14). The van der Waals surface area contributed by atoms with E-state index in [-0.39, 0.29) is 12.0 Å². The number of H-pyrrole nitrogens is 1. The molecule has 92 valence electrons. The average Bonchev–Trinajstić information content (AvgIpc) is 2.83. The molecule has 0 aliphatic heterocycles. The van der Waals surface area contributed by atoms with E-state index in [0.717, 1.165) is 0 Å². The van der Waals surface area contributed by atoms with Crippen LogP contribution in [-0.2, 0) is 0 Å². The van der Waals surface area contributed by atoms with Gasteiger partial charge in [-0.3, -0.25) is 0 Å². The lowest BCUT2D eigenvalue weighted by Crippen LogP contribution is -2.28. The van der Waals surface area contributed by atoms with Gasteiger partial charge in [0.25, 0.3) is 0 Å². The zero-order chi connectivity index (χ0) is 12.4. The molecule has 0 bridgehead atoms. The van der Waals surface area contributed by atoms with Crippen molar-refractivity contribution in [3.05, 3.63) is 18.3 Å². The third-order valence-corrected chi connectivity index (χ3v) is 2.72. The van der Waals surface area contributed by atoms with Crippen molar-refractivity contribution in [3.8, 4) is 11.6 Å². The Morgan fingerprint density at radius 2 is 2.12 bits per heavy atom. The topological polar surface area (TPSA) is 93.6 Å². The van der Waals surface area contributed by atoms with Gasteiger partial charge < -0.3 is 15.2 Å². The van der Waals surface area contributed by atoms with Crippen molar-refractivity contribution in [1.29, 1.82) is 0 Å². The molecule has 6 heteroatoms. The second-order valence-corrected chi connectivity index (χ2v) is 4.52. The van der Waals surface area contributed by atoms with Gasteiger partial charge in [0.1, 0.15) is 0 Å². The number of imidazole rings is 1. The lowest BCUT2D eigenvalue weighted by atomic mass is 9.90. The molecule has 0 aromatic carbocycles. The molecule has 2 aromatic rings. The minimum absolute atomic E-state index is 0.0279. The largest absolute Gasteiger partial charge is 0.342 e. The first-order valence-corrected chi connectivity index (χ1v) is 5.68. The summed E-state index contributed by atoms with van der Waals surface area (Å²) in [6, 6.07) is -0.0279. The van der Waals surface area contributed by atoms with Crippen LogP contribution in [0.15, 0.2) is 16.9 Å². The van der Waals surface area contributed by atoms with Gasteiger partial charge >= 0.3 is 0 Å². The molecule has 0 radical (unpaired) electrons. The van der Waals surface area contributed by atoms with Gasteiger partial charge in [-0.05, 0) is 12.8 Å². The molecule has 2 heterocycles. The molecule has 0 aliphatic carbocycles. The highest BCUT2D eigenvalue weighted by atomic mass is 16.5. The first kappa shape index (κ1) is 11.8. The van der Waals surface area contributed by atoms with Crippen molar-refractivity contribution in [1.82, 2.24) is 20.1 Å². The van der Waals surface area contributed by atoms with Crippen LogP contribution in [0, 0.1) is 5.92 Å². The van der Waals surface area contributed by atoms with Crippen molar-refractivity contribution >= 4 is 0 Å². The van der Waals surface area contributed by atoms with Crippen molar-refractivity contribution in [3.63, 3.8) is 0 Å². The van der Waals surface area contributed by atoms with Crippen LogP contribution in [0.4, 0.5) is 0 Å². The molecule has 0 amide bonds. The van der Waals surface area contributed by atoms with E-state index >= 15 is 0 Å². The molecule has 0 spiro atoms. The predicted octanol–water partition coefficient (Wildman–Crippen LogP) is 1.55. The smallest absolute Gasteiger partial charge is 0.238 e. The second-order valence-electron chi connectivity index (χ2n) is 4.52. The summed E-state index contributed by atoms with van der Waals surface area (Å²) in [6.07, 6.45) is 3.37. The summed E-state index contributed by atoms with van der Waals surface area (Å²) in [6.45, 7) is 6.12. The van der Waals surface area contributed by atoms with Gasteiger partial charge in [0.2, 0.25) is 11.7 Å². The van der Waals surface area contributed by atoms with Crippen LogP contribution >= 0.6 is 0 Å². The predicted molar refractivity (Wildman–Crippen MR) is 63.1 cm³/mol. The number of hydrogen-bond donors (Lipinski definition) is 2. The number of rotatable bonds is 4. The lowest BCUT2D eigenvalue weighted by Gasteiger charge is -2.20. The van der Waals surface area contributed by atoms with E-state index in [2.05, 4.69) is 34.0 Å². The van der Waals surface area contributed by atoms with Gasteiger partial charge in [-0.2, -0.15) is 4.98 Å². The highest BCUT2D eigenvalue weighted by molar-refractivity contribution is 5.40. The molecule has 6 nitrogen and oxygen atoms in total. The molecular formula is C11H17N5O. The highest BCUT2D eigenvalue weighted by Crippen LogP contribution is 2.26. The summed E-state index contributed by atoms with van der Waals surface area (Å²) in [5.74, 6) is 2.05. The molecule has 2 atom stereocenters. The number of nitrogens with two attached hydrogens (primary N) is 1. The molecule has 2 rings (SSSR count). The Bertz CT molecular complexity index is 452. The van der Waals surface area contributed by atoms with Gasteiger partial charge in [0.05, 0.1) is 5.92 Å². The Morgan fingerprint density at radius 1 is 1.35 bits per heavy atom. The summed E-state index contributed by atoms with van der Waals surface area (Å²) >= 11 is 0. The number of nitrogens with zero attached hydrogens (tertiary/aromatic N) is 3. The Balaban J connectivity index is 2.28. The number of hydrogen-bond acceptors (Lipinski definition) is 5. The quantitative estimate of drug-likeness (QED) is 0.838. The number of aromatic amines is 1. The first-order valence-electron chi connectivity index (χ1n) is 5.68. The molecule has 0 saturated heterocycles. The van der Waals surface area contributed by atoms with Crippen LogP contribution in [-0.4, -0.2) is 26.2 Å². The summed E-state index contributed by atoms with van der Waals surface area (Å²) in [7, 11) is 0. The van der Waals surface area contributed by atoms with Gasteiger partial charge in [-0.15, -0.1) is 0 Å². The molecule has 17 heavy (non-hydrogen) atoms. The second kappa shape index (κ2) is 4.67. The molecular weight excluding hydrogens is 218 g/mol. The van der Waals surface area contributed by atoms with Gasteiger partial charge in [-0.25, -0.2) is 4.98 Å². The van der Waals surface area contributed by atoms with E-state index in [1.54, 1.807) is 12.4 Å². The van der Waals surface area contributed by atoms with Crippen LogP contribution in [0.2, 0.25) is 0 Å². The average molecular weight is 235 g/mol. The van der Waals surface area contributed by atoms with E-state index in [9.17, 15) is 0 Å². The fourth-order valence-electron chi connectivity index (χ4n) is 1.97. The van der Waals surface area contributed by atoms with Crippen molar-refractivity contribution in [2.45, 2.75) is 32.7 Å². The first-order chi connectivity index (χ1) is 8.09. The molecule has 2 unspecified atom stereocenters. The third kappa shape index (κ3) is 2.36. The summed E-state index contributed by atoms with van der Waals surface area (Å²) < 4.78 is 5.27. The van der Waals surface area contributed by atoms with E-state index in [0.29, 0.717) is 23.5 Å². The summed E-state index contributed by atoms with van der Waals surface area (Å²) in [5, 5.41) is 3.91. The molecule has 0 saturated carbocycles. The zero-order valence-electron chi connectivity index (χ0n) is 10.2. The Morgan fingerprint density at radius 3 is 2.65 bits per heavy atom. The Labute approximate surface area is 99.6 Å². The fourth-order valence-corrected chi connectivity index (χ4v) is 1.97. The normalized spacial score (nSPS) is 15.1.